The van der Waals surface area contributed by atoms with Crippen LogP contribution in [-0.4, -0.2) is 10.9 Å². The molecule has 4 heteroatoms. The van der Waals surface area contributed by atoms with Crippen molar-refractivity contribution in [2.24, 2.45) is 0 Å². The van der Waals surface area contributed by atoms with E-state index in [9.17, 15) is 4.79 Å². The summed E-state index contributed by atoms with van der Waals surface area (Å²) in [6, 6.07) is 9.63. The van der Waals surface area contributed by atoms with Crippen molar-refractivity contribution < 1.29 is 4.79 Å². The van der Waals surface area contributed by atoms with Crippen LogP contribution in [0.3, 0.4) is 0 Å². The molecule has 1 aromatic carbocycles. The zero-order chi connectivity index (χ0) is 14.5. The molecule has 2 aromatic rings. The average Bonchev–Trinajstić information content (AvgIpc) is 2.44. The molecule has 0 aliphatic rings. The standard InChI is InChI=1S/C16H17BrN2O/c1-3-12-5-4-6-18-15(12)10-19-16(20)13-7-11(2)8-14(17)9-13/h4-9H,3,10H2,1-2H3,(H,19,20). The van der Waals surface area contributed by atoms with Crippen LogP contribution < -0.4 is 5.32 Å². The number of aromatic nitrogens is 1. The summed E-state index contributed by atoms with van der Waals surface area (Å²) in [4.78, 5) is 16.5. The van der Waals surface area contributed by atoms with Gasteiger partial charge < -0.3 is 5.32 Å². The number of aryl methyl sites for hydroxylation is 2. The Bertz CT molecular complexity index is 605. The number of hydrogen-bond donors (Lipinski definition) is 1. The lowest BCUT2D eigenvalue weighted by Gasteiger charge is -2.09. The molecule has 0 spiro atoms. The fraction of sp³-hybridized carbons (Fsp3) is 0.250. The number of carbonyl (C=O) groups is 1. The minimum atomic E-state index is -0.0814. The Labute approximate surface area is 127 Å². The molecule has 0 aliphatic heterocycles. The lowest BCUT2D eigenvalue weighted by Crippen LogP contribution is -2.24. The minimum Gasteiger partial charge on any atom is -0.346 e. The molecule has 1 aromatic heterocycles. The van der Waals surface area contributed by atoms with Gasteiger partial charge in [-0.25, -0.2) is 0 Å². The van der Waals surface area contributed by atoms with Crippen molar-refractivity contribution in [3.05, 3.63) is 63.4 Å². The molecule has 0 bridgehead atoms. The van der Waals surface area contributed by atoms with Crippen molar-refractivity contribution >= 4 is 21.8 Å². The van der Waals surface area contributed by atoms with E-state index in [2.05, 4.69) is 33.2 Å². The topological polar surface area (TPSA) is 42.0 Å². The van der Waals surface area contributed by atoms with E-state index in [1.54, 1.807) is 6.20 Å². The maximum atomic E-state index is 12.2. The smallest absolute Gasteiger partial charge is 0.251 e. The predicted octanol–water partition coefficient (Wildman–Crippen LogP) is 3.64. The third-order valence-electron chi connectivity index (χ3n) is 3.09. The first-order valence-corrected chi connectivity index (χ1v) is 7.37. The van der Waals surface area contributed by atoms with E-state index in [0.29, 0.717) is 12.1 Å². The Morgan fingerprint density at radius 2 is 2.15 bits per heavy atom. The Morgan fingerprint density at radius 3 is 2.85 bits per heavy atom. The number of amides is 1. The summed E-state index contributed by atoms with van der Waals surface area (Å²) < 4.78 is 0.912. The monoisotopic (exact) mass is 332 g/mol. The van der Waals surface area contributed by atoms with Crippen LogP contribution in [0.25, 0.3) is 0 Å². The maximum Gasteiger partial charge on any atom is 0.251 e. The van der Waals surface area contributed by atoms with Crippen molar-refractivity contribution in [3.8, 4) is 0 Å². The van der Waals surface area contributed by atoms with Crippen LogP contribution in [0, 0.1) is 6.92 Å². The maximum absolute atomic E-state index is 12.2. The summed E-state index contributed by atoms with van der Waals surface area (Å²) in [5, 5.41) is 2.92. The highest BCUT2D eigenvalue weighted by molar-refractivity contribution is 9.10. The Hall–Kier alpha value is -1.68. The number of benzene rings is 1. The number of nitrogens with one attached hydrogen (secondary N) is 1. The van der Waals surface area contributed by atoms with Gasteiger partial charge in [0.15, 0.2) is 0 Å². The number of rotatable bonds is 4. The van der Waals surface area contributed by atoms with Gasteiger partial charge in [0.25, 0.3) is 5.91 Å². The molecule has 1 amide bonds. The third-order valence-corrected chi connectivity index (χ3v) is 3.54. The van der Waals surface area contributed by atoms with Crippen LogP contribution in [0.1, 0.15) is 34.1 Å². The highest BCUT2D eigenvalue weighted by Crippen LogP contribution is 2.15. The summed E-state index contributed by atoms with van der Waals surface area (Å²) in [6.45, 7) is 4.50. The zero-order valence-electron chi connectivity index (χ0n) is 11.6. The van der Waals surface area contributed by atoms with Crippen molar-refractivity contribution in [2.45, 2.75) is 26.8 Å². The summed E-state index contributed by atoms with van der Waals surface area (Å²) in [5.74, 6) is -0.0814. The van der Waals surface area contributed by atoms with Crippen LogP contribution in [-0.2, 0) is 13.0 Å². The first kappa shape index (κ1) is 14.7. The second-order valence-electron chi connectivity index (χ2n) is 4.66. The first-order valence-electron chi connectivity index (χ1n) is 6.58. The minimum absolute atomic E-state index is 0.0814. The molecule has 0 unspecified atom stereocenters. The van der Waals surface area contributed by atoms with Gasteiger partial charge in [0, 0.05) is 16.2 Å². The molecular weight excluding hydrogens is 316 g/mol. The van der Waals surface area contributed by atoms with Gasteiger partial charge in [0.2, 0.25) is 0 Å². The molecule has 1 N–H and O–H groups in total. The van der Waals surface area contributed by atoms with E-state index in [0.717, 1.165) is 22.2 Å². The van der Waals surface area contributed by atoms with Gasteiger partial charge in [-0.3, -0.25) is 9.78 Å². The molecule has 0 atom stereocenters. The summed E-state index contributed by atoms with van der Waals surface area (Å²) in [5.41, 5.74) is 3.80. The van der Waals surface area contributed by atoms with E-state index in [1.165, 1.54) is 5.56 Å². The van der Waals surface area contributed by atoms with Crippen LogP contribution in [0.5, 0.6) is 0 Å². The Kier molecular flexibility index (Phi) is 4.90. The molecule has 0 radical (unpaired) electrons. The molecule has 20 heavy (non-hydrogen) atoms. The number of hydrogen-bond acceptors (Lipinski definition) is 2. The number of halogens is 1. The second kappa shape index (κ2) is 6.66. The quantitative estimate of drug-likeness (QED) is 0.928. The van der Waals surface area contributed by atoms with Crippen molar-refractivity contribution in [1.29, 1.82) is 0 Å². The van der Waals surface area contributed by atoms with E-state index in [-0.39, 0.29) is 5.91 Å². The average molecular weight is 333 g/mol. The molecular formula is C16H17BrN2O. The second-order valence-corrected chi connectivity index (χ2v) is 5.58. The van der Waals surface area contributed by atoms with Crippen LogP contribution in [0.4, 0.5) is 0 Å². The summed E-state index contributed by atoms with van der Waals surface area (Å²) in [7, 11) is 0. The molecule has 0 fully saturated rings. The van der Waals surface area contributed by atoms with Gasteiger partial charge in [0.05, 0.1) is 12.2 Å². The Balaban J connectivity index is 2.08. The molecule has 3 nitrogen and oxygen atoms in total. The van der Waals surface area contributed by atoms with E-state index >= 15 is 0 Å². The highest BCUT2D eigenvalue weighted by atomic mass is 79.9. The van der Waals surface area contributed by atoms with Gasteiger partial charge in [-0.1, -0.05) is 28.9 Å². The summed E-state index contributed by atoms with van der Waals surface area (Å²) >= 11 is 3.41. The molecule has 0 aliphatic carbocycles. The number of carbonyl (C=O) groups excluding carboxylic acids is 1. The van der Waals surface area contributed by atoms with Crippen molar-refractivity contribution in [1.82, 2.24) is 10.3 Å². The fourth-order valence-corrected chi connectivity index (χ4v) is 2.69. The van der Waals surface area contributed by atoms with Crippen molar-refractivity contribution in [2.75, 3.05) is 0 Å². The largest absolute Gasteiger partial charge is 0.346 e. The van der Waals surface area contributed by atoms with Gasteiger partial charge in [0.1, 0.15) is 0 Å². The first-order chi connectivity index (χ1) is 9.60. The molecule has 104 valence electrons. The number of pyridine rings is 1. The molecule has 0 saturated carbocycles. The van der Waals surface area contributed by atoms with Gasteiger partial charge >= 0.3 is 0 Å². The predicted molar refractivity (Wildman–Crippen MR) is 83.7 cm³/mol. The van der Waals surface area contributed by atoms with Gasteiger partial charge in [-0.2, -0.15) is 0 Å². The number of nitrogens with zero attached hydrogens (tertiary/aromatic N) is 1. The van der Waals surface area contributed by atoms with E-state index in [4.69, 9.17) is 0 Å². The molecule has 1 heterocycles. The SMILES string of the molecule is CCc1cccnc1CNC(=O)c1cc(C)cc(Br)c1. The fourth-order valence-electron chi connectivity index (χ4n) is 2.09. The van der Waals surface area contributed by atoms with Gasteiger partial charge in [-0.05, 0) is 48.7 Å². The molecule has 2 rings (SSSR count). The van der Waals surface area contributed by atoms with Crippen molar-refractivity contribution in [3.63, 3.8) is 0 Å². The van der Waals surface area contributed by atoms with E-state index < -0.39 is 0 Å². The van der Waals surface area contributed by atoms with Crippen LogP contribution in [0.2, 0.25) is 0 Å². The summed E-state index contributed by atoms with van der Waals surface area (Å²) in [6.07, 6.45) is 2.67. The molecule has 0 saturated heterocycles. The highest BCUT2D eigenvalue weighted by Gasteiger charge is 2.08. The third kappa shape index (κ3) is 3.67. The van der Waals surface area contributed by atoms with Crippen LogP contribution >= 0.6 is 15.9 Å². The lowest BCUT2D eigenvalue weighted by molar-refractivity contribution is 0.0950. The normalized spacial score (nSPS) is 10.3. The van der Waals surface area contributed by atoms with E-state index in [1.807, 2.05) is 37.3 Å². The zero-order valence-corrected chi connectivity index (χ0v) is 13.2. The van der Waals surface area contributed by atoms with Gasteiger partial charge in [-0.15, -0.1) is 0 Å². The van der Waals surface area contributed by atoms with Crippen LogP contribution in [0.15, 0.2) is 41.0 Å². The lowest BCUT2D eigenvalue weighted by atomic mass is 10.1. The Morgan fingerprint density at radius 1 is 1.35 bits per heavy atom.